The summed E-state index contributed by atoms with van der Waals surface area (Å²) in [6, 6.07) is 11.3. The van der Waals surface area contributed by atoms with Crippen molar-refractivity contribution in [3.63, 3.8) is 0 Å². The summed E-state index contributed by atoms with van der Waals surface area (Å²) in [5, 5.41) is 8.85. The summed E-state index contributed by atoms with van der Waals surface area (Å²) < 4.78 is 6.51. The molecule has 27 heavy (non-hydrogen) atoms. The van der Waals surface area contributed by atoms with Gasteiger partial charge in [0, 0.05) is 27.9 Å². The van der Waals surface area contributed by atoms with Crippen LogP contribution in [0.2, 0.25) is 9.36 Å². The van der Waals surface area contributed by atoms with E-state index in [1.165, 1.54) is 11.3 Å². The van der Waals surface area contributed by atoms with Gasteiger partial charge in [-0.3, -0.25) is 4.79 Å². The molecular weight excluding hydrogens is 405 g/mol. The Hall–Kier alpha value is -1.89. The van der Waals surface area contributed by atoms with Crippen molar-refractivity contribution in [2.45, 2.75) is 38.3 Å². The second-order valence-electron chi connectivity index (χ2n) is 6.47. The molecule has 3 aromatic rings. The molecule has 2 heterocycles. The summed E-state index contributed by atoms with van der Waals surface area (Å²) in [5.41, 5.74) is 0.803. The third kappa shape index (κ3) is 4.69. The predicted octanol–water partition coefficient (Wildman–Crippen LogP) is 5.23. The molecule has 0 atom stereocenters. The number of hydrogen-bond acceptors (Lipinski definition) is 5. The molecular formula is C19H17Cl2N3O2S. The topological polar surface area (TPSA) is 59.2 Å². The number of halogens is 2. The molecule has 0 N–H and O–H groups in total. The van der Waals surface area contributed by atoms with Crippen LogP contribution in [-0.2, 0) is 17.8 Å². The van der Waals surface area contributed by atoms with E-state index in [0.717, 1.165) is 27.6 Å². The molecule has 0 saturated heterocycles. The van der Waals surface area contributed by atoms with E-state index >= 15 is 0 Å². The van der Waals surface area contributed by atoms with Gasteiger partial charge in [0.2, 0.25) is 17.7 Å². The Balaban J connectivity index is 1.41. The van der Waals surface area contributed by atoms with Crippen LogP contribution in [0.25, 0.3) is 11.5 Å². The number of amides is 1. The first kappa shape index (κ1) is 18.5. The molecule has 0 radical (unpaired) electrons. The van der Waals surface area contributed by atoms with Gasteiger partial charge in [0.25, 0.3) is 0 Å². The van der Waals surface area contributed by atoms with Crippen LogP contribution in [0.15, 0.2) is 40.8 Å². The van der Waals surface area contributed by atoms with E-state index in [-0.39, 0.29) is 11.9 Å². The van der Waals surface area contributed by atoms with Gasteiger partial charge in [0.1, 0.15) is 0 Å². The van der Waals surface area contributed by atoms with Gasteiger partial charge in [-0.05, 0) is 55.7 Å². The zero-order valence-electron chi connectivity index (χ0n) is 14.4. The fourth-order valence-corrected chi connectivity index (χ4v) is 4.05. The Morgan fingerprint density at radius 2 is 1.93 bits per heavy atom. The second-order valence-corrected chi connectivity index (χ2v) is 8.70. The lowest BCUT2D eigenvalue weighted by Crippen LogP contribution is -2.32. The van der Waals surface area contributed by atoms with E-state index < -0.39 is 0 Å². The molecule has 5 nitrogen and oxygen atoms in total. The van der Waals surface area contributed by atoms with E-state index in [1.807, 2.05) is 29.2 Å². The maximum absolute atomic E-state index is 12.7. The highest BCUT2D eigenvalue weighted by Crippen LogP contribution is 2.30. The van der Waals surface area contributed by atoms with Crippen LogP contribution in [0.4, 0.5) is 0 Å². The number of rotatable bonds is 7. The largest absolute Gasteiger partial charge is 0.419 e. The van der Waals surface area contributed by atoms with Crippen molar-refractivity contribution in [3.8, 4) is 11.5 Å². The quantitative estimate of drug-likeness (QED) is 0.523. The maximum Gasteiger partial charge on any atom is 0.247 e. The first-order valence-electron chi connectivity index (χ1n) is 8.70. The smallest absolute Gasteiger partial charge is 0.247 e. The summed E-state index contributed by atoms with van der Waals surface area (Å²) in [7, 11) is 0. The highest BCUT2D eigenvalue weighted by atomic mass is 35.5. The van der Waals surface area contributed by atoms with Gasteiger partial charge >= 0.3 is 0 Å². The average molecular weight is 422 g/mol. The average Bonchev–Trinajstić information content (AvgIpc) is 3.25. The van der Waals surface area contributed by atoms with Crippen LogP contribution < -0.4 is 0 Å². The van der Waals surface area contributed by atoms with E-state index in [1.54, 1.807) is 12.1 Å². The number of aromatic nitrogens is 2. The zero-order chi connectivity index (χ0) is 18.8. The molecule has 1 aromatic carbocycles. The van der Waals surface area contributed by atoms with Crippen LogP contribution in [0.3, 0.4) is 0 Å². The first-order chi connectivity index (χ1) is 13.1. The minimum atomic E-state index is 0.105. The number of carbonyl (C=O) groups excluding carboxylic acids is 1. The van der Waals surface area contributed by atoms with Crippen LogP contribution in [0, 0.1) is 0 Å². The van der Waals surface area contributed by atoms with Gasteiger partial charge < -0.3 is 9.32 Å². The summed E-state index contributed by atoms with van der Waals surface area (Å²) in [6.07, 6.45) is 3.19. The maximum atomic E-state index is 12.7. The third-order valence-corrected chi connectivity index (χ3v) is 5.93. The Bertz CT molecular complexity index is 935. The minimum absolute atomic E-state index is 0.105. The SMILES string of the molecule is O=C(CCc1ccc(Cl)s1)N(Cc1nnc(-c2ccc(Cl)cc2)o1)C1CC1. The number of hydrogen-bond donors (Lipinski definition) is 0. The minimum Gasteiger partial charge on any atom is -0.419 e. The van der Waals surface area contributed by atoms with Crippen LogP contribution in [0.1, 0.15) is 30.0 Å². The van der Waals surface area contributed by atoms with Gasteiger partial charge in [-0.2, -0.15) is 0 Å². The monoisotopic (exact) mass is 421 g/mol. The molecule has 0 bridgehead atoms. The van der Waals surface area contributed by atoms with Crippen LogP contribution in [0.5, 0.6) is 0 Å². The molecule has 4 rings (SSSR count). The van der Waals surface area contributed by atoms with Crippen molar-refractivity contribution in [2.75, 3.05) is 0 Å². The second kappa shape index (κ2) is 8.00. The summed E-state index contributed by atoms with van der Waals surface area (Å²) in [4.78, 5) is 15.7. The van der Waals surface area contributed by atoms with Crippen LogP contribution >= 0.6 is 34.5 Å². The van der Waals surface area contributed by atoms with Gasteiger partial charge in [-0.1, -0.05) is 23.2 Å². The number of aryl methyl sites for hydroxylation is 1. The highest BCUT2D eigenvalue weighted by molar-refractivity contribution is 7.16. The zero-order valence-corrected chi connectivity index (χ0v) is 16.7. The lowest BCUT2D eigenvalue weighted by molar-refractivity contribution is -0.132. The van der Waals surface area contributed by atoms with Gasteiger partial charge in [0.05, 0.1) is 10.9 Å². The van der Waals surface area contributed by atoms with Gasteiger partial charge in [-0.15, -0.1) is 21.5 Å². The molecule has 1 fully saturated rings. The summed E-state index contributed by atoms with van der Waals surface area (Å²) in [5.74, 6) is 0.978. The van der Waals surface area contributed by atoms with Crippen molar-refractivity contribution < 1.29 is 9.21 Å². The summed E-state index contributed by atoms with van der Waals surface area (Å²) >= 11 is 13.4. The first-order valence-corrected chi connectivity index (χ1v) is 10.3. The Morgan fingerprint density at radius 1 is 1.15 bits per heavy atom. The van der Waals surface area contributed by atoms with Crippen molar-refractivity contribution in [2.24, 2.45) is 0 Å². The molecule has 1 amide bonds. The fraction of sp³-hybridized carbons (Fsp3) is 0.316. The van der Waals surface area contributed by atoms with E-state index in [9.17, 15) is 4.79 Å². The number of benzene rings is 1. The molecule has 8 heteroatoms. The Labute approximate surface area is 170 Å². The standard InChI is InChI=1S/C19H17Cl2N3O2S/c20-13-3-1-12(2-4-13)19-23-22-17(26-19)11-24(14-5-6-14)18(25)10-8-15-7-9-16(21)27-15/h1-4,7,9,14H,5-6,8,10-11H2. The van der Waals surface area contributed by atoms with Crippen LogP contribution in [-0.4, -0.2) is 27.0 Å². The van der Waals surface area contributed by atoms with Gasteiger partial charge in [-0.25, -0.2) is 0 Å². The summed E-state index contributed by atoms with van der Waals surface area (Å²) in [6.45, 7) is 0.343. The Kier molecular flexibility index (Phi) is 5.48. The van der Waals surface area contributed by atoms with E-state index in [2.05, 4.69) is 10.2 Å². The molecule has 0 unspecified atom stereocenters. The van der Waals surface area contributed by atoms with E-state index in [0.29, 0.717) is 36.2 Å². The molecule has 1 saturated carbocycles. The lowest BCUT2D eigenvalue weighted by Gasteiger charge is -2.20. The lowest BCUT2D eigenvalue weighted by atomic mass is 10.2. The Morgan fingerprint density at radius 3 is 2.59 bits per heavy atom. The predicted molar refractivity (Wildman–Crippen MR) is 106 cm³/mol. The van der Waals surface area contributed by atoms with E-state index in [4.69, 9.17) is 27.6 Å². The molecule has 140 valence electrons. The number of carbonyl (C=O) groups is 1. The normalized spacial score (nSPS) is 13.7. The third-order valence-electron chi connectivity index (χ3n) is 4.39. The molecule has 0 aliphatic heterocycles. The number of thiophene rings is 1. The molecule has 0 spiro atoms. The highest BCUT2D eigenvalue weighted by Gasteiger charge is 2.33. The molecule has 1 aliphatic carbocycles. The van der Waals surface area contributed by atoms with Crippen molar-refractivity contribution >= 4 is 40.4 Å². The van der Waals surface area contributed by atoms with Crippen molar-refractivity contribution in [1.82, 2.24) is 15.1 Å². The van der Waals surface area contributed by atoms with Crippen molar-refractivity contribution in [3.05, 3.63) is 56.5 Å². The fourth-order valence-electron chi connectivity index (χ4n) is 2.84. The van der Waals surface area contributed by atoms with Gasteiger partial charge in [0.15, 0.2) is 0 Å². The molecule has 2 aromatic heterocycles. The van der Waals surface area contributed by atoms with Crippen molar-refractivity contribution in [1.29, 1.82) is 0 Å². The number of nitrogens with zero attached hydrogens (tertiary/aromatic N) is 3. The molecule has 1 aliphatic rings.